The lowest BCUT2D eigenvalue weighted by molar-refractivity contribution is 0.141. The monoisotopic (exact) mass is 245 g/mol. The Balaban J connectivity index is 1.95. The first-order valence-electron chi connectivity index (χ1n) is 6.24. The lowest BCUT2D eigenvalue weighted by Gasteiger charge is -2.15. The fraction of sp³-hybridized carbons (Fsp3) is 0.357. The molecule has 0 amide bonds. The molecule has 2 rings (SSSR count). The molecule has 1 atom stereocenters. The van der Waals surface area contributed by atoms with E-state index in [4.69, 9.17) is 4.74 Å². The van der Waals surface area contributed by atoms with Crippen molar-refractivity contribution in [1.82, 2.24) is 9.78 Å². The molecule has 0 saturated heterocycles. The predicted octanol–water partition coefficient (Wildman–Crippen LogP) is 2.71. The van der Waals surface area contributed by atoms with Gasteiger partial charge in [-0.05, 0) is 44.2 Å². The average molecular weight is 245 g/mol. The Kier molecular flexibility index (Phi) is 4.36. The third kappa shape index (κ3) is 3.34. The van der Waals surface area contributed by atoms with Crippen molar-refractivity contribution < 1.29 is 4.74 Å². The van der Waals surface area contributed by atoms with Gasteiger partial charge in [0.15, 0.2) is 0 Å². The maximum atomic E-state index is 5.37. The van der Waals surface area contributed by atoms with E-state index in [2.05, 4.69) is 29.5 Å². The van der Waals surface area contributed by atoms with Crippen molar-refractivity contribution in [2.75, 3.05) is 18.5 Å². The van der Waals surface area contributed by atoms with Crippen LogP contribution in [-0.4, -0.2) is 29.0 Å². The fourth-order valence-corrected chi connectivity index (χ4v) is 1.75. The second-order valence-corrected chi connectivity index (χ2v) is 4.20. The number of aromatic nitrogens is 2. The third-order valence-electron chi connectivity index (χ3n) is 2.62. The van der Waals surface area contributed by atoms with Crippen LogP contribution < -0.4 is 5.32 Å². The Morgan fingerprint density at radius 2 is 2.11 bits per heavy atom. The van der Waals surface area contributed by atoms with E-state index in [1.54, 1.807) is 6.20 Å². The van der Waals surface area contributed by atoms with Gasteiger partial charge in [0.05, 0.1) is 12.3 Å². The van der Waals surface area contributed by atoms with E-state index < -0.39 is 0 Å². The van der Waals surface area contributed by atoms with E-state index in [0.717, 1.165) is 24.6 Å². The van der Waals surface area contributed by atoms with Crippen molar-refractivity contribution in [3.63, 3.8) is 0 Å². The van der Waals surface area contributed by atoms with Crippen molar-refractivity contribution in [1.29, 1.82) is 0 Å². The smallest absolute Gasteiger partial charge is 0.0664 e. The number of rotatable bonds is 6. The first-order chi connectivity index (χ1) is 8.79. The summed E-state index contributed by atoms with van der Waals surface area (Å²) in [5.74, 6) is 0. The predicted molar refractivity (Wildman–Crippen MR) is 73.1 cm³/mol. The molecule has 4 nitrogen and oxygen atoms in total. The summed E-state index contributed by atoms with van der Waals surface area (Å²) < 4.78 is 7.21. The van der Waals surface area contributed by atoms with Gasteiger partial charge in [0, 0.05) is 30.7 Å². The van der Waals surface area contributed by atoms with Crippen molar-refractivity contribution in [3.8, 4) is 5.69 Å². The van der Waals surface area contributed by atoms with Crippen LogP contribution in [0.3, 0.4) is 0 Å². The summed E-state index contributed by atoms with van der Waals surface area (Å²) in [5, 5.41) is 7.59. The number of anilines is 1. The van der Waals surface area contributed by atoms with E-state index >= 15 is 0 Å². The molecule has 96 valence electrons. The summed E-state index contributed by atoms with van der Waals surface area (Å²) in [4.78, 5) is 0. The van der Waals surface area contributed by atoms with Crippen molar-refractivity contribution in [3.05, 3.63) is 42.7 Å². The fourth-order valence-electron chi connectivity index (χ4n) is 1.75. The topological polar surface area (TPSA) is 39.1 Å². The highest BCUT2D eigenvalue weighted by Gasteiger charge is 2.02. The number of nitrogens with zero attached hydrogens (tertiary/aromatic N) is 2. The summed E-state index contributed by atoms with van der Waals surface area (Å²) >= 11 is 0. The van der Waals surface area contributed by atoms with Gasteiger partial charge in [-0.15, -0.1) is 0 Å². The first kappa shape index (κ1) is 12.6. The van der Waals surface area contributed by atoms with Gasteiger partial charge in [0.1, 0.15) is 0 Å². The van der Waals surface area contributed by atoms with Crippen molar-refractivity contribution in [2.24, 2.45) is 0 Å². The highest BCUT2D eigenvalue weighted by molar-refractivity contribution is 5.49. The summed E-state index contributed by atoms with van der Waals surface area (Å²) in [6.07, 6.45) is 3.70. The summed E-state index contributed by atoms with van der Waals surface area (Å²) in [7, 11) is 0. The molecular weight excluding hydrogens is 226 g/mol. The van der Waals surface area contributed by atoms with E-state index in [1.165, 1.54) is 0 Å². The molecule has 0 saturated carbocycles. The zero-order valence-corrected chi connectivity index (χ0v) is 10.8. The molecule has 0 spiro atoms. The van der Waals surface area contributed by atoms with E-state index in [-0.39, 0.29) is 0 Å². The van der Waals surface area contributed by atoms with Crippen LogP contribution in [0, 0.1) is 0 Å². The van der Waals surface area contributed by atoms with Crippen LogP contribution in [0.25, 0.3) is 5.69 Å². The number of benzene rings is 1. The van der Waals surface area contributed by atoms with E-state index in [0.29, 0.717) is 6.04 Å². The molecule has 0 radical (unpaired) electrons. The zero-order chi connectivity index (χ0) is 12.8. The highest BCUT2D eigenvalue weighted by atomic mass is 16.5. The molecule has 1 unspecified atom stereocenters. The van der Waals surface area contributed by atoms with Gasteiger partial charge in [0.2, 0.25) is 0 Å². The highest BCUT2D eigenvalue weighted by Crippen LogP contribution is 2.13. The second kappa shape index (κ2) is 6.21. The Bertz CT molecular complexity index is 450. The van der Waals surface area contributed by atoms with Crippen LogP contribution in [0.1, 0.15) is 13.8 Å². The number of nitrogens with one attached hydrogen (secondary N) is 1. The molecule has 0 bridgehead atoms. The van der Waals surface area contributed by atoms with Crippen LogP contribution in [0.5, 0.6) is 0 Å². The number of hydrogen-bond donors (Lipinski definition) is 1. The van der Waals surface area contributed by atoms with Crippen LogP contribution in [0.15, 0.2) is 42.7 Å². The van der Waals surface area contributed by atoms with Crippen LogP contribution in [0.2, 0.25) is 0 Å². The molecule has 1 aromatic heterocycles. The first-order valence-corrected chi connectivity index (χ1v) is 6.24. The zero-order valence-electron chi connectivity index (χ0n) is 10.8. The Morgan fingerprint density at radius 1 is 1.33 bits per heavy atom. The maximum Gasteiger partial charge on any atom is 0.0664 e. The molecule has 0 aliphatic carbocycles. The molecule has 0 aliphatic heterocycles. The Morgan fingerprint density at radius 3 is 2.72 bits per heavy atom. The van der Waals surface area contributed by atoms with Gasteiger partial charge in [-0.25, -0.2) is 4.68 Å². The lowest BCUT2D eigenvalue weighted by atomic mass is 10.2. The molecular formula is C14H19N3O. The summed E-state index contributed by atoms with van der Waals surface area (Å²) in [5.41, 5.74) is 2.15. The van der Waals surface area contributed by atoms with Gasteiger partial charge in [-0.3, -0.25) is 0 Å². The van der Waals surface area contributed by atoms with Gasteiger partial charge in [0.25, 0.3) is 0 Å². The lowest BCUT2D eigenvalue weighted by Crippen LogP contribution is -2.21. The molecule has 0 aliphatic rings. The molecule has 1 heterocycles. The van der Waals surface area contributed by atoms with Gasteiger partial charge < -0.3 is 10.1 Å². The molecule has 2 aromatic rings. The average Bonchev–Trinajstić information content (AvgIpc) is 2.91. The number of ether oxygens (including phenoxy) is 1. The minimum Gasteiger partial charge on any atom is -0.380 e. The maximum absolute atomic E-state index is 5.37. The van der Waals surface area contributed by atoms with E-state index in [1.807, 2.05) is 36.0 Å². The van der Waals surface area contributed by atoms with E-state index in [9.17, 15) is 0 Å². The SMILES string of the molecule is CCOCC(C)Nc1ccc(-n2cccn2)cc1. The standard InChI is InChI=1S/C14H19N3O/c1-3-18-11-12(2)16-13-5-7-14(8-6-13)17-10-4-9-15-17/h4-10,12,16H,3,11H2,1-2H3. The van der Waals surface area contributed by atoms with Gasteiger partial charge in [-0.1, -0.05) is 0 Å². The summed E-state index contributed by atoms with van der Waals surface area (Å²) in [6.45, 7) is 5.59. The third-order valence-corrected chi connectivity index (χ3v) is 2.62. The molecule has 18 heavy (non-hydrogen) atoms. The summed E-state index contributed by atoms with van der Waals surface area (Å²) in [6, 6.07) is 10.4. The van der Waals surface area contributed by atoms with Gasteiger partial charge >= 0.3 is 0 Å². The molecule has 1 N–H and O–H groups in total. The minimum absolute atomic E-state index is 0.306. The molecule has 4 heteroatoms. The largest absolute Gasteiger partial charge is 0.380 e. The molecule has 1 aromatic carbocycles. The van der Waals surface area contributed by atoms with Crippen LogP contribution >= 0.6 is 0 Å². The van der Waals surface area contributed by atoms with Crippen molar-refractivity contribution >= 4 is 5.69 Å². The van der Waals surface area contributed by atoms with Gasteiger partial charge in [-0.2, -0.15) is 5.10 Å². The Labute approximate surface area is 108 Å². The van der Waals surface area contributed by atoms with Crippen LogP contribution in [0.4, 0.5) is 5.69 Å². The van der Waals surface area contributed by atoms with Crippen LogP contribution in [-0.2, 0) is 4.74 Å². The number of hydrogen-bond acceptors (Lipinski definition) is 3. The normalized spacial score (nSPS) is 12.3. The second-order valence-electron chi connectivity index (χ2n) is 4.20. The van der Waals surface area contributed by atoms with Crippen molar-refractivity contribution in [2.45, 2.75) is 19.9 Å². The minimum atomic E-state index is 0.306. The molecule has 0 fully saturated rings. The quantitative estimate of drug-likeness (QED) is 0.850. The Hall–Kier alpha value is -1.81.